The van der Waals surface area contributed by atoms with E-state index in [1.54, 1.807) is 0 Å². The molecule has 0 aliphatic heterocycles. The maximum atomic E-state index is 10.3. The normalized spacial score (nSPS) is 10.8. The Bertz CT molecular complexity index is 748. The van der Waals surface area contributed by atoms with Crippen molar-refractivity contribution in [2.24, 2.45) is 0 Å². The Kier molecular flexibility index (Phi) is 3.80. The first-order valence-electron chi connectivity index (χ1n) is 6.72. The Morgan fingerprint density at radius 1 is 1.05 bits per heavy atom. The molecule has 4 heteroatoms. The number of aromatic hydroxyl groups is 1. The summed E-state index contributed by atoms with van der Waals surface area (Å²) in [5.74, 6) is 0.266. The van der Waals surface area contributed by atoms with E-state index in [9.17, 15) is 5.11 Å². The third kappa shape index (κ3) is 2.85. The summed E-state index contributed by atoms with van der Waals surface area (Å²) in [6, 6.07) is 18.0. The van der Waals surface area contributed by atoms with Crippen molar-refractivity contribution in [1.82, 2.24) is 9.78 Å². The second kappa shape index (κ2) is 5.74. The molecule has 0 unspecified atom stereocenters. The molecule has 1 N–H and O–H groups in total. The van der Waals surface area contributed by atoms with Crippen LogP contribution in [0.25, 0.3) is 5.69 Å². The van der Waals surface area contributed by atoms with E-state index in [0.717, 1.165) is 21.4 Å². The van der Waals surface area contributed by atoms with E-state index in [1.165, 1.54) is 0 Å². The van der Waals surface area contributed by atoms with Gasteiger partial charge in [0, 0.05) is 10.9 Å². The SMILES string of the molecule is Cc1nn(-c2ccccc2)c(Cc2ccc(Br)cc2)c1O. The quantitative estimate of drug-likeness (QED) is 0.772. The molecule has 1 aromatic heterocycles. The van der Waals surface area contributed by atoms with Crippen molar-refractivity contribution in [2.45, 2.75) is 13.3 Å². The van der Waals surface area contributed by atoms with Gasteiger partial charge < -0.3 is 5.11 Å². The van der Waals surface area contributed by atoms with E-state index in [0.29, 0.717) is 12.1 Å². The number of aryl methyl sites for hydroxylation is 1. The van der Waals surface area contributed by atoms with Gasteiger partial charge in [0.2, 0.25) is 0 Å². The van der Waals surface area contributed by atoms with Gasteiger partial charge in [-0.2, -0.15) is 5.10 Å². The molecule has 1 heterocycles. The van der Waals surface area contributed by atoms with Crippen molar-refractivity contribution in [3.8, 4) is 11.4 Å². The Morgan fingerprint density at radius 3 is 2.38 bits per heavy atom. The van der Waals surface area contributed by atoms with E-state index in [2.05, 4.69) is 21.0 Å². The molecule has 0 aliphatic carbocycles. The van der Waals surface area contributed by atoms with Crippen LogP contribution in [0.4, 0.5) is 0 Å². The maximum absolute atomic E-state index is 10.3. The van der Waals surface area contributed by atoms with Crippen molar-refractivity contribution >= 4 is 15.9 Å². The van der Waals surface area contributed by atoms with Gasteiger partial charge in [-0.1, -0.05) is 46.3 Å². The van der Waals surface area contributed by atoms with Crippen molar-refractivity contribution in [3.63, 3.8) is 0 Å². The molecule has 0 radical (unpaired) electrons. The lowest BCUT2D eigenvalue weighted by Crippen LogP contribution is -2.03. The molecule has 3 rings (SSSR count). The molecule has 21 heavy (non-hydrogen) atoms. The second-order valence-electron chi connectivity index (χ2n) is 4.93. The Labute approximate surface area is 132 Å². The third-order valence-electron chi connectivity index (χ3n) is 3.41. The molecule has 0 amide bonds. The fourth-order valence-electron chi connectivity index (χ4n) is 2.30. The first kappa shape index (κ1) is 13.9. The highest BCUT2D eigenvalue weighted by Gasteiger charge is 2.15. The first-order chi connectivity index (χ1) is 10.1. The number of para-hydroxylation sites is 1. The van der Waals surface area contributed by atoms with Crippen molar-refractivity contribution in [3.05, 3.63) is 76.0 Å². The van der Waals surface area contributed by atoms with Gasteiger partial charge in [0.15, 0.2) is 5.75 Å². The minimum Gasteiger partial charge on any atom is -0.504 e. The standard InChI is InChI=1S/C17H15BrN2O/c1-12-17(21)16(11-13-7-9-14(18)10-8-13)20(19-12)15-5-3-2-4-6-15/h2-10,21H,11H2,1H3. The molecule has 0 spiro atoms. The summed E-state index contributed by atoms with van der Waals surface area (Å²) in [7, 11) is 0. The molecule has 0 atom stereocenters. The second-order valence-corrected chi connectivity index (χ2v) is 5.85. The zero-order chi connectivity index (χ0) is 14.8. The van der Waals surface area contributed by atoms with Crippen molar-refractivity contribution in [2.75, 3.05) is 0 Å². The number of benzene rings is 2. The van der Waals surface area contributed by atoms with Crippen LogP contribution in [0, 0.1) is 6.92 Å². The zero-order valence-electron chi connectivity index (χ0n) is 11.6. The number of halogens is 1. The molecule has 2 aromatic carbocycles. The predicted molar refractivity (Wildman–Crippen MR) is 86.9 cm³/mol. The van der Waals surface area contributed by atoms with Gasteiger partial charge in [-0.05, 0) is 36.8 Å². The monoisotopic (exact) mass is 342 g/mol. The number of hydrogen-bond donors (Lipinski definition) is 1. The molecule has 0 fully saturated rings. The van der Waals surface area contributed by atoms with E-state index in [-0.39, 0.29) is 5.75 Å². The molecule has 106 valence electrons. The van der Waals surface area contributed by atoms with Crippen molar-refractivity contribution in [1.29, 1.82) is 0 Å². The van der Waals surface area contributed by atoms with Crippen LogP contribution in [-0.2, 0) is 6.42 Å². The number of nitrogens with zero attached hydrogens (tertiary/aromatic N) is 2. The van der Waals surface area contributed by atoms with Gasteiger partial charge in [-0.25, -0.2) is 4.68 Å². The van der Waals surface area contributed by atoms with Crippen LogP contribution in [0.3, 0.4) is 0 Å². The summed E-state index contributed by atoms with van der Waals surface area (Å²) in [6.07, 6.45) is 0.634. The number of rotatable bonds is 3. The van der Waals surface area contributed by atoms with Crippen LogP contribution >= 0.6 is 15.9 Å². The zero-order valence-corrected chi connectivity index (χ0v) is 13.2. The molecule has 0 saturated heterocycles. The van der Waals surface area contributed by atoms with Crippen LogP contribution in [0.2, 0.25) is 0 Å². The summed E-state index contributed by atoms with van der Waals surface area (Å²) in [4.78, 5) is 0. The molecule has 3 aromatic rings. The van der Waals surface area contributed by atoms with E-state index in [4.69, 9.17) is 0 Å². The predicted octanol–water partition coefficient (Wildman–Crippen LogP) is 4.24. The number of hydrogen-bond acceptors (Lipinski definition) is 2. The summed E-state index contributed by atoms with van der Waals surface area (Å²) in [5.41, 5.74) is 3.53. The molecule has 0 bridgehead atoms. The van der Waals surface area contributed by atoms with E-state index in [1.807, 2.05) is 66.2 Å². The van der Waals surface area contributed by atoms with Gasteiger partial charge in [0.1, 0.15) is 5.69 Å². The smallest absolute Gasteiger partial charge is 0.160 e. The minimum absolute atomic E-state index is 0.266. The average Bonchev–Trinajstić information content (AvgIpc) is 2.79. The first-order valence-corrected chi connectivity index (χ1v) is 7.52. The lowest BCUT2D eigenvalue weighted by atomic mass is 10.1. The van der Waals surface area contributed by atoms with Gasteiger partial charge in [-0.3, -0.25) is 0 Å². The fraction of sp³-hybridized carbons (Fsp3) is 0.118. The highest BCUT2D eigenvalue weighted by Crippen LogP contribution is 2.27. The molecule has 0 aliphatic rings. The van der Waals surface area contributed by atoms with Crippen LogP contribution in [0.15, 0.2) is 59.1 Å². The van der Waals surface area contributed by atoms with Gasteiger partial charge in [0.05, 0.1) is 11.4 Å². The van der Waals surface area contributed by atoms with Gasteiger partial charge in [-0.15, -0.1) is 0 Å². The molecular formula is C17H15BrN2O. The van der Waals surface area contributed by atoms with Gasteiger partial charge in [0.25, 0.3) is 0 Å². The van der Waals surface area contributed by atoms with Gasteiger partial charge >= 0.3 is 0 Å². The Morgan fingerprint density at radius 2 is 1.71 bits per heavy atom. The lowest BCUT2D eigenvalue weighted by Gasteiger charge is -2.08. The number of aromatic nitrogens is 2. The highest BCUT2D eigenvalue weighted by molar-refractivity contribution is 9.10. The van der Waals surface area contributed by atoms with Crippen molar-refractivity contribution < 1.29 is 5.11 Å². The Balaban J connectivity index is 2.03. The van der Waals surface area contributed by atoms with Crippen LogP contribution < -0.4 is 0 Å². The fourth-order valence-corrected chi connectivity index (χ4v) is 2.57. The van der Waals surface area contributed by atoms with E-state index < -0.39 is 0 Å². The highest BCUT2D eigenvalue weighted by atomic mass is 79.9. The Hall–Kier alpha value is -2.07. The topological polar surface area (TPSA) is 38.0 Å². The summed E-state index contributed by atoms with van der Waals surface area (Å²) >= 11 is 3.43. The summed E-state index contributed by atoms with van der Waals surface area (Å²) < 4.78 is 2.86. The van der Waals surface area contributed by atoms with Crippen LogP contribution in [0.1, 0.15) is 17.0 Å². The maximum Gasteiger partial charge on any atom is 0.160 e. The lowest BCUT2D eigenvalue weighted by molar-refractivity contribution is 0.464. The van der Waals surface area contributed by atoms with E-state index >= 15 is 0 Å². The minimum atomic E-state index is 0.266. The summed E-state index contributed by atoms with van der Waals surface area (Å²) in [6.45, 7) is 1.82. The average molecular weight is 343 g/mol. The van der Waals surface area contributed by atoms with Crippen LogP contribution in [-0.4, -0.2) is 14.9 Å². The third-order valence-corrected chi connectivity index (χ3v) is 3.94. The largest absolute Gasteiger partial charge is 0.504 e. The molecule has 0 saturated carbocycles. The molecule has 3 nitrogen and oxygen atoms in total. The molecular weight excluding hydrogens is 328 g/mol. The van der Waals surface area contributed by atoms with Crippen LogP contribution in [0.5, 0.6) is 5.75 Å². The summed E-state index contributed by atoms with van der Waals surface area (Å²) in [5, 5.41) is 14.8.